The van der Waals surface area contributed by atoms with Gasteiger partial charge in [-0.15, -0.1) is 0 Å². The van der Waals surface area contributed by atoms with Crippen LogP contribution in [0.1, 0.15) is 5.56 Å². The first kappa shape index (κ1) is 26.0. The highest BCUT2D eigenvalue weighted by atomic mass is 31.2. The van der Waals surface area contributed by atoms with Gasteiger partial charge in [-0.25, -0.2) is 4.99 Å². The van der Waals surface area contributed by atoms with Crippen LogP contribution in [0.2, 0.25) is 0 Å². The Bertz CT molecular complexity index is 1750. The van der Waals surface area contributed by atoms with Gasteiger partial charge < -0.3 is 5.32 Å². The smallest absolute Gasteiger partial charge is 0.242 e. The molecular weight excluding hydrogens is 529 g/mol. The maximum Gasteiger partial charge on any atom is 0.242 e. The maximum atomic E-state index is 5.45. The van der Waals surface area contributed by atoms with Crippen LogP contribution in [0.4, 0.5) is 17.1 Å². The molecule has 0 spiro atoms. The Hall–Kier alpha value is -4.98. The summed E-state index contributed by atoms with van der Waals surface area (Å²) in [5, 5.41) is 7.58. The fraction of sp³-hybridized carbons (Fsp3) is 0.0263. The lowest BCUT2D eigenvalue weighted by Crippen LogP contribution is -2.48. The minimum absolute atomic E-state index is 0.793. The van der Waals surface area contributed by atoms with Crippen LogP contribution in [0.25, 0.3) is 11.1 Å². The van der Waals surface area contributed by atoms with E-state index in [1.807, 2.05) is 0 Å². The molecule has 0 bridgehead atoms. The summed E-state index contributed by atoms with van der Waals surface area (Å²) in [6.45, 7) is 2.13. The minimum atomic E-state index is -2.57. The van der Waals surface area contributed by atoms with Crippen molar-refractivity contribution in [1.82, 2.24) is 0 Å². The average Bonchev–Trinajstić information content (AvgIpc) is 3.22. The van der Waals surface area contributed by atoms with Crippen LogP contribution >= 0.6 is 7.41 Å². The SMILES string of the molecule is Cc1ccc(N(C2=Nc3ccccc3-c3ccccc3N2)[P+](c2ccccc2)(c2ccccc2)c2ccccc2)cc1. The Morgan fingerprint density at radius 3 is 1.55 bits per heavy atom. The normalized spacial score (nSPS) is 12.3. The zero-order chi connectivity index (χ0) is 28.4. The molecular formula is C38H31N3P+. The van der Waals surface area contributed by atoms with Crippen molar-refractivity contribution in [2.45, 2.75) is 6.92 Å². The molecule has 0 unspecified atom stereocenters. The van der Waals surface area contributed by atoms with E-state index in [0.717, 1.165) is 34.1 Å². The van der Waals surface area contributed by atoms with Gasteiger partial charge in [-0.1, -0.05) is 109 Å². The number of para-hydroxylation sites is 2. The lowest BCUT2D eigenvalue weighted by molar-refractivity contribution is 1.38. The number of hydrogen-bond acceptors (Lipinski definition) is 3. The average molecular weight is 561 g/mol. The lowest BCUT2D eigenvalue weighted by Gasteiger charge is -2.38. The summed E-state index contributed by atoms with van der Waals surface area (Å²) in [6.07, 6.45) is 0. The summed E-state index contributed by atoms with van der Waals surface area (Å²) >= 11 is 0. The number of guanidine groups is 1. The van der Waals surface area contributed by atoms with Crippen molar-refractivity contribution in [1.29, 1.82) is 0 Å². The van der Waals surface area contributed by atoms with Gasteiger partial charge in [0.2, 0.25) is 13.4 Å². The largest absolute Gasteiger partial charge is 0.322 e. The van der Waals surface area contributed by atoms with E-state index in [1.165, 1.54) is 21.5 Å². The third kappa shape index (κ3) is 4.49. The summed E-state index contributed by atoms with van der Waals surface area (Å²) in [7, 11) is -2.57. The number of rotatable bonds is 5. The molecule has 1 aliphatic heterocycles. The molecule has 4 heteroatoms. The van der Waals surface area contributed by atoms with Crippen LogP contribution in [-0.4, -0.2) is 5.96 Å². The molecule has 7 rings (SSSR count). The van der Waals surface area contributed by atoms with Crippen LogP contribution < -0.4 is 25.9 Å². The number of hydrogen-bond donors (Lipinski definition) is 1. The summed E-state index contributed by atoms with van der Waals surface area (Å²) in [4.78, 5) is 5.45. The fourth-order valence-electron chi connectivity index (χ4n) is 5.84. The van der Waals surface area contributed by atoms with Crippen molar-refractivity contribution in [3.63, 3.8) is 0 Å². The van der Waals surface area contributed by atoms with E-state index in [0.29, 0.717) is 0 Å². The first-order valence-electron chi connectivity index (χ1n) is 14.2. The van der Waals surface area contributed by atoms with Crippen LogP contribution in [0, 0.1) is 6.92 Å². The molecule has 202 valence electrons. The standard InChI is InChI=1S/C38H31N3P/c1-29-25-27-30(28-26-29)41(38-39-36-23-13-11-21-34(36)35-22-12-14-24-37(35)40-38)42(31-15-5-2-6-16-31,32-17-7-3-8-18-32)33-19-9-4-10-20-33/h2-28H,1H3,(H,39,40)/q+1. The first-order chi connectivity index (χ1) is 20.7. The van der Waals surface area contributed by atoms with Gasteiger partial charge in [0.15, 0.2) is 0 Å². The Morgan fingerprint density at radius 1 is 0.500 bits per heavy atom. The van der Waals surface area contributed by atoms with Crippen LogP contribution in [0.5, 0.6) is 0 Å². The summed E-state index contributed by atoms with van der Waals surface area (Å²) < 4.78 is 2.49. The molecule has 6 aromatic rings. The number of aliphatic imine (C=N–C) groups is 1. The number of anilines is 2. The molecule has 0 fully saturated rings. The molecule has 0 saturated heterocycles. The third-order valence-electron chi connectivity index (χ3n) is 7.76. The lowest BCUT2D eigenvalue weighted by atomic mass is 10.0. The van der Waals surface area contributed by atoms with E-state index >= 15 is 0 Å². The van der Waals surface area contributed by atoms with Gasteiger partial charge >= 0.3 is 0 Å². The fourth-order valence-corrected chi connectivity index (χ4v) is 10.1. The van der Waals surface area contributed by atoms with Gasteiger partial charge in [0, 0.05) is 16.8 Å². The molecule has 1 aliphatic rings. The van der Waals surface area contributed by atoms with Gasteiger partial charge in [-0.2, -0.15) is 4.67 Å². The summed E-state index contributed by atoms with van der Waals surface area (Å²) in [6, 6.07) is 58.6. The molecule has 0 saturated carbocycles. The molecule has 1 heterocycles. The molecule has 0 radical (unpaired) electrons. The number of nitrogens with zero attached hydrogens (tertiary/aromatic N) is 2. The van der Waals surface area contributed by atoms with Crippen molar-refractivity contribution in [3.05, 3.63) is 169 Å². The predicted molar refractivity (Wildman–Crippen MR) is 181 cm³/mol. The third-order valence-corrected chi connectivity index (χ3v) is 11.9. The summed E-state index contributed by atoms with van der Waals surface area (Å²) in [5.74, 6) is 0.793. The topological polar surface area (TPSA) is 27.6 Å². The van der Waals surface area contributed by atoms with Crippen molar-refractivity contribution >= 4 is 46.3 Å². The van der Waals surface area contributed by atoms with E-state index in [1.54, 1.807) is 0 Å². The molecule has 42 heavy (non-hydrogen) atoms. The predicted octanol–water partition coefficient (Wildman–Crippen LogP) is 8.49. The number of fused-ring (bicyclic) bond motifs is 3. The second-order valence-electron chi connectivity index (χ2n) is 10.4. The molecule has 0 atom stereocenters. The maximum absolute atomic E-state index is 5.45. The molecule has 0 aromatic heterocycles. The van der Waals surface area contributed by atoms with Crippen molar-refractivity contribution in [2.75, 3.05) is 9.99 Å². The van der Waals surface area contributed by atoms with Crippen molar-refractivity contribution in [2.24, 2.45) is 4.99 Å². The molecule has 1 N–H and O–H groups in total. The zero-order valence-corrected chi connectivity index (χ0v) is 24.3. The van der Waals surface area contributed by atoms with E-state index in [9.17, 15) is 0 Å². The second-order valence-corrected chi connectivity index (χ2v) is 13.6. The number of aryl methyl sites for hydroxylation is 1. The Morgan fingerprint density at radius 2 is 0.976 bits per heavy atom. The van der Waals surface area contributed by atoms with Gasteiger partial charge in [-0.3, -0.25) is 0 Å². The minimum Gasteiger partial charge on any atom is -0.322 e. The van der Waals surface area contributed by atoms with Crippen LogP contribution in [-0.2, 0) is 0 Å². The Kier molecular flexibility index (Phi) is 6.87. The van der Waals surface area contributed by atoms with E-state index in [2.05, 4.69) is 181 Å². The van der Waals surface area contributed by atoms with Crippen molar-refractivity contribution in [3.8, 4) is 11.1 Å². The second kappa shape index (κ2) is 11.1. The van der Waals surface area contributed by atoms with E-state index < -0.39 is 7.41 Å². The number of nitrogens with one attached hydrogen (secondary N) is 1. The molecule has 0 aliphatic carbocycles. The van der Waals surface area contributed by atoms with Gasteiger partial charge in [0.05, 0.1) is 11.4 Å². The number of benzene rings is 6. The highest BCUT2D eigenvalue weighted by Gasteiger charge is 2.54. The summed E-state index contributed by atoms with van der Waals surface area (Å²) in [5.41, 5.74) is 6.52. The van der Waals surface area contributed by atoms with Gasteiger partial charge in [-0.05, 0) is 67.6 Å². The van der Waals surface area contributed by atoms with Crippen LogP contribution in [0.3, 0.4) is 0 Å². The first-order valence-corrected chi connectivity index (χ1v) is 16.0. The van der Waals surface area contributed by atoms with Crippen LogP contribution in [0.15, 0.2) is 169 Å². The molecule has 0 amide bonds. The quantitative estimate of drug-likeness (QED) is 0.214. The molecule has 3 nitrogen and oxygen atoms in total. The highest BCUT2D eigenvalue weighted by Crippen LogP contribution is 2.61. The van der Waals surface area contributed by atoms with Gasteiger partial charge in [0.1, 0.15) is 15.9 Å². The highest BCUT2D eigenvalue weighted by molar-refractivity contribution is 7.97. The Balaban J connectivity index is 1.62. The van der Waals surface area contributed by atoms with E-state index in [4.69, 9.17) is 4.99 Å². The van der Waals surface area contributed by atoms with E-state index in [-0.39, 0.29) is 0 Å². The van der Waals surface area contributed by atoms with Crippen molar-refractivity contribution < 1.29 is 0 Å². The van der Waals surface area contributed by atoms with Gasteiger partial charge in [0.25, 0.3) is 0 Å². The zero-order valence-electron chi connectivity index (χ0n) is 23.4. The monoisotopic (exact) mass is 560 g/mol. The Labute approximate surface area is 248 Å². The molecule has 6 aromatic carbocycles.